The Hall–Kier alpha value is -2.15. The van der Waals surface area contributed by atoms with Gasteiger partial charge in [-0.05, 0) is 49.8 Å². The van der Waals surface area contributed by atoms with Crippen LogP contribution in [-0.4, -0.2) is 33.1 Å². The number of fused-ring (bicyclic) bond motifs is 3. The number of benzene rings is 1. The molecule has 26 heavy (non-hydrogen) atoms. The van der Waals surface area contributed by atoms with Crippen molar-refractivity contribution < 1.29 is 14.7 Å². The van der Waals surface area contributed by atoms with E-state index in [-0.39, 0.29) is 12.3 Å². The summed E-state index contributed by atoms with van der Waals surface area (Å²) in [5.74, 6) is -0.424. The van der Waals surface area contributed by atoms with Crippen molar-refractivity contribution in [2.24, 2.45) is 0 Å². The largest absolute Gasteiger partial charge is 0.481 e. The first-order valence-electron chi connectivity index (χ1n) is 8.95. The smallest absolute Gasteiger partial charge is 0.303 e. The van der Waals surface area contributed by atoms with Crippen LogP contribution in [0.5, 0.6) is 0 Å². The maximum atomic E-state index is 13.1. The van der Waals surface area contributed by atoms with Crippen molar-refractivity contribution in [3.8, 4) is 0 Å². The van der Waals surface area contributed by atoms with Crippen LogP contribution in [-0.2, 0) is 30.6 Å². The van der Waals surface area contributed by atoms with E-state index in [2.05, 4.69) is 25.5 Å². The highest BCUT2D eigenvalue weighted by Crippen LogP contribution is 2.33. The molecule has 1 aliphatic carbocycles. The highest BCUT2D eigenvalue weighted by molar-refractivity contribution is 9.10. The molecule has 0 bridgehead atoms. The van der Waals surface area contributed by atoms with Gasteiger partial charge in [-0.2, -0.15) is 0 Å². The Kier molecular flexibility index (Phi) is 4.56. The molecule has 1 aromatic heterocycles. The van der Waals surface area contributed by atoms with Crippen LogP contribution < -0.4 is 4.90 Å². The number of amides is 1. The van der Waals surface area contributed by atoms with E-state index in [1.54, 1.807) is 4.90 Å². The fraction of sp³-hybridized carbons (Fsp3) is 0.421. The zero-order valence-electron chi connectivity index (χ0n) is 14.4. The number of hydrogen-bond acceptors (Lipinski definition) is 3. The minimum atomic E-state index is -0.847. The summed E-state index contributed by atoms with van der Waals surface area (Å²) in [6, 6.07) is 5.65. The third-order valence-corrected chi connectivity index (χ3v) is 5.93. The van der Waals surface area contributed by atoms with Crippen LogP contribution in [0.1, 0.15) is 46.8 Å². The number of carbonyl (C=O) groups is 2. The van der Waals surface area contributed by atoms with Gasteiger partial charge < -0.3 is 14.6 Å². The van der Waals surface area contributed by atoms with Gasteiger partial charge in [0, 0.05) is 35.4 Å². The summed E-state index contributed by atoms with van der Waals surface area (Å²) < 4.78 is 2.92. The third kappa shape index (κ3) is 2.94. The van der Waals surface area contributed by atoms with Crippen LogP contribution in [0.15, 0.2) is 22.7 Å². The molecule has 0 spiro atoms. The van der Waals surface area contributed by atoms with E-state index in [0.29, 0.717) is 18.8 Å². The number of aryl methyl sites for hydroxylation is 1. The van der Waals surface area contributed by atoms with Crippen molar-refractivity contribution in [1.29, 1.82) is 0 Å². The molecule has 0 unspecified atom stereocenters. The molecule has 0 fully saturated rings. The van der Waals surface area contributed by atoms with E-state index in [1.807, 2.05) is 18.2 Å². The summed E-state index contributed by atoms with van der Waals surface area (Å²) in [6.07, 6.45) is 4.63. The number of anilines is 1. The second-order valence-electron chi connectivity index (χ2n) is 6.78. The first-order chi connectivity index (χ1) is 12.6. The maximum absolute atomic E-state index is 13.1. The summed E-state index contributed by atoms with van der Waals surface area (Å²) in [5, 5.41) is 9.03. The maximum Gasteiger partial charge on any atom is 0.303 e. The monoisotopic (exact) mass is 417 g/mol. The van der Waals surface area contributed by atoms with Crippen LogP contribution in [0, 0.1) is 0 Å². The van der Waals surface area contributed by atoms with Crippen LogP contribution in [0.25, 0.3) is 0 Å². The average Bonchev–Trinajstić information content (AvgIpc) is 3.01. The molecule has 0 radical (unpaired) electrons. The van der Waals surface area contributed by atoms with Crippen molar-refractivity contribution in [3.05, 3.63) is 45.4 Å². The summed E-state index contributed by atoms with van der Waals surface area (Å²) in [5.41, 5.74) is 3.92. The highest BCUT2D eigenvalue weighted by Gasteiger charge is 2.32. The number of imidazole rings is 1. The normalized spacial score (nSPS) is 16.3. The number of rotatable bonds is 4. The number of carboxylic acids is 1. The lowest BCUT2D eigenvalue weighted by atomic mass is 10.0. The lowest BCUT2D eigenvalue weighted by molar-refractivity contribution is -0.136. The first kappa shape index (κ1) is 17.3. The summed E-state index contributed by atoms with van der Waals surface area (Å²) in [6.45, 7) is 1.31. The van der Waals surface area contributed by atoms with E-state index < -0.39 is 5.97 Å². The minimum absolute atomic E-state index is 0.0283. The number of nitrogens with zero attached hydrogens (tertiary/aromatic N) is 3. The molecule has 7 heteroatoms. The van der Waals surface area contributed by atoms with Crippen LogP contribution in [0.2, 0.25) is 0 Å². The third-order valence-electron chi connectivity index (χ3n) is 5.19. The predicted octanol–water partition coefficient (Wildman–Crippen LogP) is 3.20. The standard InChI is InChI=1S/C19H20BrN3O3/c20-13-4-3-7-15(12(13)8-9-17(24)25)23-11-10-22-16-6-2-1-5-14(16)21-18(22)19(23)26/h3-4,7H,1-2,5-6,8-11H2,(H,24,25). The average molecular weight is 418 g/mol. The minimum Gasteiger partial charge on any atom is -0.481 e. The van der Waals surface area contributed by atoms with Gasteiger partial charge >= 0.3 is 5.97 Å². The Labute approximate surface area is 160 Å². The van der Waals surface area contributed by atoms with E-state index in [0.717, 1.165) is 53.6 Å². The Balaban J connectivity index is 1.70. The molecule has 136 valence electrons. The van der Waals surface area contributed by atoms with Gasteiger partial charge in [0.15, 0.2) is 5.82 Å². The van der Waals surface area contributed by atoms with E-state index >= 15 is 0 Å². The van der Waals surface area contributed by atoms with Crippen molar-refractivity contribution >= 4 is 33.5 Å². The molecule has 1 aromatic carbocycles. The number of carboxylic acid groups (broad SMARTS) is 1. The highest BCUT2D eigenvalue weighted by atomic mass is 79.9. The summed E-state index contributed by atoms with van der Waals surface area (Å²) in [7, 11) is 0. The summed E-state index contributed by atoms with van der Waals surface area (Å²) >= 11 is 3.51. The Morgan fingerprint density at radius 2 is 2.04 bits per heavy atom. The van der Waals surface area contributed by atoms with E-state index in [1.165, 1.54) is 5.69 Å². The molecule has 0 saturated carbocycles. The van der Waals surface area contributed by atoms with E-state index in [9.17, 15) is 9.59 Å². The molecule has 0 atom stereocenters. The number of hydrogen-bond donors (Lipinski definition) is 1. The molecular formula is C19H20BrN3O3. The van der Waals surface area contributed by atoms with Gasteiger partial charge in [0.1, 0.15) is 0 Å². The molecule has 0 saturated heterocycles. The molecule has 2 aliphatic rings. The summed E-state index contributed by atoms with van der Waals surface area (Å²) in [4.78, 5) is 30.5. The van der Waals surface area contributed by atoms with Crippen molar-refractivity contribution in [1.82, 2.24) is 9.55 Å². The predicted molar refractivity (Wildman–Crippen MR) is 101 cm³/mol. The topological polar surface area (TPSA) is 75.4 Å². The molecule has 1 aliphatic heterocycles. The fourth-order valence-electron chi connectivity index (χ4n) is 3.94. The molecule has 1 N–H and O–H groups in total. The second-order valence-corrected chi connectivity index (χ2v) is 7.63. The van der Waals surface area contributed by atoms with Gasteiger partial charge in [0.2, 0.25) is 0 Å². The molecular weight excluding hydrogens is 398 g/mol. The first-order valence-corrected chi connectivity index (χ1v) is 9.75. The van der Waals surface area contributed by atoms with Gasteiger partial charge in [-0.3, -0.25) is 9.59 Å². The lowest BCUT2D eigenvalue weighted by Crippen LogP contribution is -2.41. The van der Waals surface area contributed by atoms with E-state index in [4.69, 9.17) is 5.11 Å². The second kappa shape index (κ2) is 6.87. The van der Waals surface area contributed by atoms with Gasteiger partial charge in [-0.25, -0.2) is 4.98 Å². The molecule has 4 rings (SSSR count). The van der Waals surface area contributed by atoms with Gasteiger partial charge in [-0.15, -0.1) is 0 Å². The zero-order chi connectivity index (χ0) is 18.3. The number of halogens is 1. The van der Waals surface area contributed by atoms with Crippen LogP contribution in [0.3, 0.4) is 0 Å². The Morgan fingerprint density at radius 3 is 2.85 bits per heavy atom. The van der Waals surface area contributed by atoms with Gasteiger partial charge in [0.25, 0.3) is 5.91 Å². The Morgan fingerprint density at radius 1 is 1.23 bits per heavy atom. The molecule has 2 heterocycles. The quantitative estimate of drug-likeness (QED) is 0.828. The lowest BCUT2D eigenvalue weighted by Gasteiger charge is -2.30. The van der Waals surface area contributed by atoms with Crippen molar-refractivity contribution in [2.45, 2.75) is 45.1 Å². The number of aliphatic carboxylic acids is 1. The SMILES string of the molecule is O=C(O)CCc1c(Br)cccc1N1CCn2c(nc3c2CCCC3)C1=O. The number of aromatic nitrogens is 2. The molecule has 1 amide bonds. The van der Waals surface area contributed by atoms with Crippen molar-refractivity contribution in [3.63, 3.8) is 0 Å². The molecule has 6 nitrogen and oxygen atoms in total. The number of carbonyl (C=O) groups excluding carboxylic acids is 1. The van der Waals surface area contributed by atoms with Gasteiger partial charge in [-0.1, -0.05) is 22.0 Å². The fourth-order valence-corrected chi connectivity index (χ4v) is 4.49. The Bertz CT molecular complexity index is 890. The van der Waals surface area contributed by atoms with Crippen LogP contribution >= 0.6 is 15.9 Å². The zero-order valence-corrected chi connectivity index (χ0v) is 16.0. The van der Waals surface area contributed by atoms with Crippen molar-refractivity contribution in [2.75, 3.05) is 11.4 Å². The van der Waals surface area contributed by atoms with Crippen LogP contribution in [0.4, 0.5) is 5.69 Å². The van der Waals surface area contributed by atoms with Gasteiger partial charge in [0.05, 0.1) is 5.69 Å². The molecule has 2 aromatic rings.